The van der Waals surface area contributed by atoms with Gasteiger partial charge in [-0.25, -0.2) is 4.98 Å². The summed E-state index contributed by atoms with van der Waals surface area (Å²) >= 11 is 2.70. The summed E-state index contributed by atoms with van der Waals surface area (Å²) in [5.74, 6) is -0.0489. The first-order valence-corrected chi connectivity index (χ1v) is 9.67. The molecule has 0 aliphatic heterocycles. The molecule has 4 aromatic rings. The number of fused-ring (bicyclic) bond motifs is 1. The van der Waals surface area contributed by atoms with Crippen molar-refractivity contribution in [2.45, 2.75) is 0 Å². The number of hydrogen-bond acceptors (Lipinski definition) is 6. The Morgan fingerprint density at radius 2 is 1.93 bits per heavy atom. The largest absolute Gasteiger partial charge is 0.397 e. The third-order valence-electron chi connectivity index (χ3n) is 4.08. The van der Waals surface area contributed by atoms with Gasteiger partial charge in [-0.2, -0.15) is 5.26 Å². The minimum Gasteiger partial charge on any atom is -0.397 e. The average Bonchev–Trinajstić information content (AvgIpc) is 3.30. The number of carbonyl (C=O) groups is 1. The van der Waals surface area contributed by atoms with Crippen LogP contribution in [0.1, 0.15) is 15.2 Å². The van der Waals surface area contributed by atoms with E-state index in [4.69, 9.17) is 11.5 Å². The van der Waals surface area contributed by atoms with Gasteiger partial charge in [0.05, 0.1) is 11.1 Å². The highest BCUT2D eigenvalue weighted by atomic mass is 32.1. The monoisotopic (exact) mass is 392 g/mol. The van der Waals surface area contributed by atoms with Gasteiger partial charge in [-0.05, 0) is 23.6 Å². The van der Waals surface area contributed by atoms with Crippen LogP contribution in [0.25, 0.3) is 20.7 Å². The van der Waals surface area contributed by atoms with Crippen LogP contribution in [0.5, 0.6) is 0 Å². The molecule has 3 aromatic heterocycles. The molecule has 6 N–H and O–H groups in total. The number of aromatic amines is 1. The van der Waals surface area contributed by atoms with Gasteiger partial charge in [0, 0.05) is 16.1 Å². The summed E-state index contributed by atoms with van der Waals surface area (Å²) in [6, 6.07) is 15.1. The average molecular weight is 392 g/mol. The number of nitriles is 1. The standard InChI is InChI=1S/C19H13N5OS2/c20-9-11-13(12-7-4-8-26-12)14-15(21)16(27-19(14)24-17(11)22)18(25)23-10-5-2-1-3-6-10/h1-8H,21H2,(H2,22,24)(H,23,25)/p+1. The molecule has 0 aliphatic rings. The number of nitrogens with zero attached hydrogens (tertiary/aromatic N) is 1. The normalized spacial score (nSPS) is 10.6. The molecule has 8 heteroatoms. The lowest BCUT2D eigenvalue weighted by atomic mass is 10.0. The molecule has 3 heterocycles. The molecule has 0 unspecified atom stereocenters. The van der Waals surface area contributed by atoms with Crippen LogP contribution in [0.2, 0.25) is 0 Å². The van der Waals surface area contributed by atoms with Gasteiger partial charge in [-0.1, -0.05) is 35.6 Å². The number of anilines is 3. The number of benzene rings is 1. The summed E-state index contributed by atoms with van der Waals surface area (Å²) in [6.45, 7) is 0. The fourth-order valence-electron chi connectivity index (χ4n) is 2.89. The molecule has 1 amide bonds. The summed E-state index contributed by atoms with van der Waals surface area (Å²) in [5.41, 5.74) is 14.4. The van der Waals surface area contributed by atoms with Crippen LogP contribution in [0.3, 0.4) is 0 Å². The van der Waals surface area contributed by atoms with E-state index in [2.05, 4.69) is 16.4 Å². The molecule has 4 rings (SSSR count). The van der Waals surface area contributed by atoms with E-state index in [1.807, 2.05) is 35.7 Å². The zero-order valence-electron chi connectivity index (χ0n) is 13.9. The Morgan fingerprint density at radius 3 is 2.59 bits per heavy atom. The molecule has 1 aromatic carbocycles. The van der Waals surface area contributed by atoms with Gasteiger partial charge in [-0.3, -0.25) is 10.5 Å². The lowest BCUT2D eigenvalue weighted by Crippen LogP contribution is -2.13. The van der Waals surface area contributed by atoms with Crippen LogP contribution in [0.4, 0.5) is 17.2 Å². The van der Waals surface area contributed by atoms with Crippen molar-refractivity contribution in [1.82, 2.24) is 0 Å². The van der Waals surface area contributed by atoms with Gasteiger partial charge in [-0.15, -0.1) is 11.3 Å². The molecule has 27 heavy (non-hydrogen) atoms. The van der Waals surface area contributed by atoms with E-state index >= 15 is 0 Å². The van der Waals surface area contributed by atoms with E-state index in [1.54, 1.807) is 12.1 Å². The highest BCUT2D eigenvalue weighted by molar-refractivity contribution is 7.21. The van der Waals surface area contributed by atoms with Crippen LogP contribution in [0.15, 0.2) is 47.8 Å². The van der Waals surface area contributed by atoms with Crippen molar-refractivity contribution in [1.29, 1.82) is 5.26 Å². The third-order valence-corrected chi connectivity index (χ3v) is 6.09. The quantitative estimate of drug-likeness (QED) is 0.492. The van der Waals surface area contributed by atoms with Crippen LogP contribution < -0.4 is 21.8 Å². The zero-order chi connectivity index (χ0) is 19.0. The second kappa shape index (κ2) is 6.72. The summed E-state index contributed by atoms with van der Waals surface area (Å²) < 4.78 is 0. The van der Waals surface area contributed by atoms with Gasteiger partial charge >= 0.3 is 0 Å². The van der Waals surface area contributed by atoms with E-state index in [0.717, 1.165) is 4.88 Å². The Morgan fingerprint density at radius 1 is 1.15 bits per heavy atom. The van der Waals surface area contributed by atoms with Crippen molar-refractivity contribution in [3.05, 3.63) is 58.3 Å². The number of nitrogen functional groups attached to an aromatic ring is 2. The minimum atomic E-state index is -0.303. The number of nitrogens with two attached hydrogens (primary N) is 2. The lowest BCUT2D eigenvalue weighted by Gasteiger charge is -2.05. The van der Waals surface area contributed by atoms with Crippen molar-refractivity contribution >= 4 is 56.0 Å². The van der Waals surface area contributed by atoms with Crippen LogP contribution in [-0.4, -0.2) is 5.91 Å². The first-order chi connectivity index (χ1) is 13.1. The Hall–Kier alpha value is -3.41. The van der Waals surface area contributed by atoms with Crippen LogP contribution >= 0.6 is 22.7 Å². The molecule has 0 radical (unpaired) electrons. The number of para-hydroxylation sites is 1. The van der Waals surface area contributed by atoms with Gasteiger partial charge in [0.1, 0.15) is 10.9 Å². The number of nitrogens with one attached hydrogen (secondary N) is 2. The molecule has 0 saturated heterocycles. The highest BCUT2D eigenvalue weighted by Gasteiger charge is 2.26. The number of amides is 1. The molecule has 0 atom stereocenters. The van der Waals surface area contributed by atoms with Crippen molar-refractivity contribution in [2.24, 2.45) is 0 Å². The third kappa shape index (κ3) is 2.89. The highest BCUT2D eigenvalue weighted by Crippen LogP contribution is 2.42. The SMILES string of the molecule is N#Cc1c(N)[nH+]c2sc(C(=O)Nc3ccccc3)c(N)c2c1-c1cccs1. The molecular formula is C19H14N5OS2+. The number of aromatic nitrogens is 1. The van der Waals surface area contributed by atoms with Gasteiger partial charge in [0.2, 0.25) is 0 Å². The van der Waals surface area contributed by atoms with Crippen molar-refractivity contribution < 1.29 is 9.78 Å². The zero-order valence-corrected chi connectivity index (χ0v) is 15.6. The lowest BCUT2D eigenvalue weighted by molar-refractivity contribution is -0.323. The second-order valence-corrected chi connectivity index (χ2v) is 7.72. The Bertz CT molecular complexity index is 1190. The minimum absolute atomic E-state index is 0.254. The second-order valence-electron chi connectivity index (χ2n) is 5.75. The molecule has 6 nitrogen and oxygen atoms in total. The van der Waals surface area contributed by atoms with Crippen LogP contribution in [-0.2, 0) is 0 Å². The fraction of sp³-hybridized carbons (Fsp3) is 0. The van der Waals surface area contributed by atoms with Gasteiger partial charge in [0.15, 0.2) is 10.4 Å². The Kier molecular flexibility index (Phi) is 4.24. The summed E-state index contributed by atoms with van der Waals surface area (Å²) in [5, 5.41) is 15.0. The topological polar surface area (TPSA) is 119 Å². The number of carbonyl (C=O) groups excluding carboxylic acids is 1. The maximum atomic E-state index is 12.8. The molecule has 0 fully saturated rings. The van der Waals surface area contributed by atoms with Gasteiger partial charge < -0.3 is 11.1 Å². The maximum Gasteiger partial charge on any atom is 0.290 e. The van der Waals surface area contributed by atoms with Crippen LogP contribution in [0, 0.1) is 11.3 Å². The van der Waals surface area contributed by atoms with Crippen molar-refractivity contribution in [3.8, 4) is 16.5 Å². The Balaban J connectivity index is 1.91. The Labute approximate surface area is 162 Å². The molecule has 0 bridgehead atoms. The number of pyridine rings is 1. The summed E-state index contributed by atoms with van der Waals surface area (Å²) in [4.78, 5) is 17.7. The van der Waals surface area contributed by atoms with E-state index < -0.39 is 0 Å². The van der Waals surface area contributed by atoms with Crippen molar-refractivity contribution in [3.63, 3.8) is 0 Å². The number of hydrogen-bond donors (Lipinski definition) is 3. The molecule has 0 saturated carbocycles. The van der Waals surface area contributed by atoms with E-state index in [-0.39, 0.29) is 11.7 Å². The predicted octanol–water partition coefficient (Wildman–Crippen LogP) is 3.73. The number of H-pyrrole nitrogens is 1. The summed E-state index contributed by atoms with van der Waals surface area (Å²) in [6.07, 6.45) is 0. The van der Waals surface area contributed by atoms with E-state index in [9.17, 15) is 10.1 Å². The molecule has 0 spiro atoms. The maximum absolute atomic E-state index is 12.8. The predicted molar refractivity (Wildman–Crippen MR) is 110 cm³/mol. The fourth-order valence-corrected chi connectivity index (χ4v) is 4.70. The number of rotatable bonds is 3. The first kappa shape index (κ1) is 17.0. The van der Waals surface area contributed by atoms with Crippen molar-refractivity contribution in [2.75, 3.05) is 16.8 Å². The van der Waals surface area contributed by atoms with E-state index in [0.29, 0.717) is 37.6 Å². The molecule has 0 aliphatic carbocycles. The van der Waals surface area contributed by atoms with Gasteiger partial charge in [0.25, 0.3) is 11.7 Å². The van der Waals surface area contributed by atoms with E-state index in [1.165, 1.54) is 22.7 Å². The number of thiophene rings is 2. The first-order valence-electron chi connectivity index (χ1n) is 7.97. The summed E-state index contributed by atoms with van der Waals surface area (Å²) in [7, 11) is 0. The smallest absolute Gasteiger partial charge is 0.290 e. The molecule has 132 valence electrons. The molecular weight excluding hydrogens is 378 g/mol.